The van der Waals surface area contributed by atoms with Crippen LogP contribution in [0.25, 0.3) is 0 Å². The molecule has 0 fully saturated rings. The first kappa shape index (κ1) is 11.6. The number of rotatable bonds is 4. The normalized spacial score (nSPS) is 14.9. The van der Waals surface area contributed by atoms with Crippen molar-refractivity contribution in [1.29, 1.82) is 0 Å². The second kappa shape index (κ2) is 4.99. The van der Waals surface area contributed by atoms with Crippen molar-refractivity contribution in [3.63, 3.8) is 0 Å². The fourth-order valence-corrected chi connectivity index (χ4v) is 3.45. The van der Waals surface area contributed by atoms with E-state index >= 15 is 0 Å². The molecule has 0 radical (unpaired) electrons. The lowest BCUT2D eigenvalue weighted by molar-refractivity contribution is 0.717. The summed E-state index contributed by atoms with van der Waals surface area (Å²) in [5, 5.41) is 11.2. The Bertz CT molecular complexity index is 435. The first-order valence-electron chi connectivity index (χ1n) is 4.98. The van der Waals surface area contributed by atoms with Gasteiger partial charge < -0.3 is 10.3 Å². The maximum Gasteiger partial charge on any atom is 0.191 e. The summed E-state index contributed by atoms with van der Waals surface area (Å²) in [7, 11) is 1.94. The van der Waals surface area contributed by atoms with Crippen LogP contribution in [-0.4, -0.2) is 20.8 Å². The van der Waals surface area contributed by atoms with Crippen molar-refractivity contribution >= 4 is 23.1 Å². The van der Waals surface area contributed by atoms with E-state index in [1.54, 1.807) is 29.4 Å². The van der Waals surface area contributed by atoms with Crippen LogP contribution >= 0.6 is 23.1 Å². The largest absolute Gasteiger partial charge is 0.327 e. The van der Waals surface area contributed by atoms with Crippen molar-refractivity contribution in [3.05, 3.63) is 28.7 Å². The topological polar surface area (TPSA) is 56.7 Å². The number of aryl methyl sites for hydroxylation is 1. The molecule has 2 rings (SSSR count). The monoisotopic (exact) mass is 254 g/mol. The van der Waals surface area contributed by atoms with Crippen molar-refractivity contribution in [1.82, 2.24) is 14.8 Å². The van der Waals surface area contributed by atoms with Crippen LogP contribution in [0.4, 0.5) is 0 Å². The second-order valence-electron chi connectivity index (χ2n) is 3.64. The lowest BCUT2D eigenvalue weighted by Gasteiger charge is -2.17. The molecule has 86 valence electrons. The summed E-state index contributed by atoms with van der Waals surface area (Å²) in [4.78, 5) is 1.28. The minimum Gasteiger partial charge on any atom is -0.327 e. The maximum atomic E-state index is 6.02. The van der Waals surface area contributed by atoms with Gasteiger partial charge >= 0.3 is 0 Å². The minimum atomic E-state index is 0.0837. The van der Waals surface area contributed by atoms with E-state index in [9.17, 15) is 0 Å². The number of thioether (sulfide) groups is 1. The van der Waals surface area contributed by atoms with Gasteiger partial charge in [0, 0.05) is 18.0 Å². The number of hydrogen-bond acceptors (Lipinski definition) is 5. The molecule has 0 aromatic carbocycles. The molecule has 4 nitrogen and oxygen atoms in total. The predicted octanol–water partition coefficient (Wildman–Crippen LogP) is 2.06. The van der Waals surface area contributed by atoms with Crippen LogP contribution in [0.2, 0.25) is 0 Å². The molecule has 0 saturated heterocycles. The number of hydrogen-bond donors (Lipinski definition) is 1. The van der Waals surface area contributed by atoms with Crippen molar-refractivity contribution < 1.29 is 0 Å². The van der Waals surface area contributed by atoms with Gasteiger partial charge in [0.2, 0.25) is 0 Å². The van der Waals surface area contributed by atoms with Crippen molar-refractivity contribution in [3.8, 4) is 0 Å². The summed E-state index contributed by atoms with van der Waals surface area (Å²) in [6, 6.07) is 4.25. The van der Waals surface area contributed by atoms with Gasteiger partial charge in [-0.1, -0.05) is 17.8 Å². The van der Waals surface area contributed by atoms with Gasteiger partial charge in [0.1, 0.15) is 6.33 Å². The smallest absolute Gasteiger partial charge is 0.191 e. The van der Waals surface area contributed by atoms with Gasteiger partial charge in [0.05, 0.1) is 5.25 Å². The van der Waals surface area contributed by atoms with Gasteiger partial charge in [-0.3, -0.25) is 0 Å². The van der Waals surface area contributed by atoms with E-state index in [2.05, 4.69) is 21.6 Å². The van der Waals surface area contributed by atoms with Crippen LogP contribution in [0.5, 0.6) is 0 Å². The zero-order valence-electron chi connectivity index (χ0n) is 9.20. The Hall–Kier alpha value is -0.850. The van der Waals surface area contributed by atoms with E-state index in [4.69, 9.17) is 5.73 Å². The fourth-order valence-electron chi connectivity index (χ4n) is 1.37. The molecule has 0 aliphatic rings. The third kappa shape index (κ3) is 2.45. The van der Waals surface area contributed by atoms with Gasteiger partial charge in [-0.25, -0.2) is 0 Å². The third-order valence-corrected chi connectivity index (χ3v) is 4.83. The molecule has 0 bridgehead atoms. The number of nitrogens with zero attached hydrogens (tertiary/aromatic N) is 3. The summed E-state index contributed by atoms with van der Waals surface area (Å²) >= 11 is 3.39. The molecule has 0 aliphatic heterocycles. The Morgan fingerprint density at radius 1 is 1.56 bits per heavy atom. The molecule has 16 heavy (non-hydrogen) atoms. The summed E-state index contributed by atoms with van der Waals surface area (Å²) < 4.78 is 1.91. The second-order valence-corrected chi connectivity index (χ2v) is 5.73. The minimum absolute atomic E-state index is 0.0837. The molecular formula is C10H14N4S2. The van der Waals surface area contributed by atoms with Crippen LogP contribution in [0.15, 0.2) is 29.0 Å². The molecule has 2 unspecified atom stereocenters. The van der Waals surface area contributed by atoms with Crippen LogP contribution in [-0.2, 0) is 7.05 Å². The van der Waals surface area contributed by atoms with Gasteiger partial charge in [0.15, 0.2) is 5.16 Å². The summed E-state index contributed by atoms with van der Waals surface area (Å²) in [6.07, 6.45) is 1.70. The molecule has 2 aromatic rings. The molecule has 2 aromatic heterocycles. The SMILES string of the molecule is CC(N)C(Sc1nncn1C)c1cccs1. The predicted molar refractivity (Wildman–Crippen MR) is 67.6 cm³/mol. The Morgan fingerprint density at radius 3 is 2.88 bits per heavy atom. The molecule has 0 aliphatic carbocycles. The zero-order chi connectivity index (χ0) is 11.5. The average Bonchev–Trinajstić information content (AvgIpc) is 2.85. The fraction of sp³-hybridized carbons (Fsp3) is 0.400. The van der Waals surface area contributed by atoms with Crippen LogP contribution < -0.4 is 5.73 Å². The standard InChI is InChI=1S/C10H14N4S2/c1-7(11)9(8-4-3-5-15-8)16-10-13-12-6-14(10)2/h3-7,9H,11H2,1-2H3. The van der Waals surface area contributed by atoms with Crippen molar-refractivity contribution in [2.45, 2.75) is 23.4 Å². The number of nitrogens with two attached hydrogens (primary N) is 1. The van der Waals surface area contributed by atoms with Crippen LogP contribution in [0, 0.1) is 0 Å². The zero-order valence-corrected chi connectivity index (χ0v) is 10.8. The van der Waals surface area contributed by atoms with Gasteiger partial charge in [-0.15, -0.1) is 21.5 Å². The highest BCUT2D eigenvalue weighted by Crippen LogP contribution is 2.37. The van der Waals surface area contributed by atoms with Gasteiger partial charge in [-0.05, 0) is 18.4 Å². The molecule has 0 amide bonds. The highest BCUT2D eigenvalue weighted by atomic mass is 32.2. The Kier molecular flexibility index (Phi) is 3.63. The van der Waals surface area contributed by atoms with Crippen LogP contribution in [0.1, 0.15) is 17.1 Å². The lowest BCUT2D eigenvalue weighted by Crippen LogP contribution is -2.22. The molecule has 2 atom stereocenters. The third-order valence-electron chi connectivity index (χ3n) is 2.20. The molecule has 2 heterocycles. The first-order valence-corrected chi connectivity index (χ1v) is 6.74. The van der Waals surface area contributed by atoms with Crippen LogP contribution in [0.3, 0.4) is 0 Å². The number of thiophene rings is 1. The average molecular weight is 254 g/mol. The molecule has 6 heteroatoms. The molecule has 0 saturated carbocycles. The van der Waals surface area contributed by atoms with E-state index in [-0.39, 0.29) is 11.3 Å². The number of aromatic nitrogens is 3. The summed E-state index contributed by atoms with van der Waals surface area (Å²) in [6.45, 7) is 2.02. The quantitative estimate of drug-likeness (QED) is 0.849. The summed E-state index contributed by atoms with van der Waals surface area (Å²) in [5.74, 6) is 0. The first-order chi connectivity index (χ1) is 7.68. The van der Waals surface area contributed by atoms with E-state index < -0.39 is 0 Å². The van der Waals surface area contributed by atoms with Crippen molar-refractivity contribution in [2.75, 3.05) is 0 Å². The molecule has 0 spiro atoms. The Labute approximate surface area is 103 Å². The van der Waals surface area contributed by atoms with Gasteiger partial charge in [0.25, 0.3) is 0 Å². The van der Waals surface area contributed by atoms with E-state index in [0.29, 0.717) is 0 Å². The Morgan fingerprint density at radius 2 is 2.38 bits per heavy atom. The highest BCUT2D eigenvalue weighted by Gasteiger charge is 2.20. The molecule has 2 N–H and O–H groups in total. The molecular weight excluding hydrogens is 240 g/mol. The van der Waals surface area contributed by atoms with E-state index in [1.165, 1.54) is 4.88 Å². The Balaban J connectivity index is 2.19. The van der Waals surface area contributed by atoms with E-state index in [1.807, 2.05) is 24.6 Å². The maximum absolute atomic E-state index is 6.02. The van der Waals surface area contributed by atoms with Gasteiger partial charge in [-0.2, -0.15) is 0 Å². The van der Waals surface area contributed by atoms with E-state index in [0.717, 1.165) is 5.16 Å². The highest BCUT2D eigenvalue weighted by molar-refractivity contribution is 7.99. The summed E-state index contributed by atoms with van der Waals surface area (Å²) in [5.41, 5.74) is 6.02. The lowest BCUT2D eigenvalue weighted by atomic mass is 10.2. The van der Waals surface area contributed by atoms with Crippen molar-refractivity contribution in [2.24, 2.45) is 12.8 Å².